The molecule has 3 N–H and O–H groups in total. The highest BCUT2D eigenvalue weighted by Gasteiger charge is 2.14. The lowest BCUT2D eigenvalue weighted by Gasteiger charge is -2.19. The van der Waals surface area contributed by atoms with Crippen molar-refractivity contribution in [1.29, 1.82) is 0 Å². The van der Waals surface area contributed by atoms with E-state index in [4.69, 9.17) is 9.47 Å². The fourth-order valence-corrected chi connectivity index (χ4v) is 3.61. The predicted molar refractivity (Wildman–Crippen MR) is 127 cm³/mol. The molecular formula is C27H31NO5. The molecule has 0 aliphatic heterocycles. The van der Waals surface area contributed by atoms with E-state index in [2.05, 4.69) is 5.32 Å². The number of benzene rings is 3. The van der Waals surface area contributed by atoms with Crippen molar-refractivity contribution in [2.24, 2.45) is 0 Å². The lowest BCUT2D eigenvalue weighted by Crippen LogP contribution is -2.32. The van der Waals surface area contributed by atoms with Gasteiger partial charge in [0.25, 0.3) is 0 Å². The second-order valence-electron chi connectivity index (χ2n) is 8.02. The van der Waals surface area contributed by atoms with Crippen molar-refractivity contribution >= 4 is 5.97 Å². The number of rotatable bonds is 11. The van der Waals surface area contributed by atoms with Gasteiger partial charge in [-0.2, -0.15) is 0 Å². The smallest absolute Gasteiger partial charge is 0.337 e. The monoisotopic (exact) mass is 449 g/mol. The Hall–Kier alpha value is -3.19. The molecule has 0 saturated carbocycles. The van der Waals surface area contributed by atoms with Crippen molar-refractivity contribution in [1.82, 2.24) is 5.32 Å². The first kappa shape index (κ1) is 24.5. The summed E-state index contributed by atoms with van der Waals surface area (Å²) in [6, 6.07) is 22.6. The zero-order chi connectivity index (χ0) is 23.6. The first-order valence-corrected chi connectivity index (χ1v) is 11.0. The van der Waals surface area contributed by atoms with Crippen molar-refractivity contribution in [3.05, 3.63) is 101 Å². The Balaban J connectivity index is 1.55. The number of hydrogen-bond acceptors (Lipinski definition) is 6. The standard InChI is InChI=1S/C27H31NO5/c1-19(13-21-9-6-10-23(14-21)27(31)32-2)28-16-25(30)22-11-12-26(24(15-22)17-29)33-18-20-7-4-3-5-8-20/h3-12,14-15,19,25,28-30H,13,16-18H2,1-2H3/t19?,25-/m0/s1. The Morgan fingerprint density at radius 3 is 2.48 bits per heavy atom. The predicted octanol–water partition coefficient (Wildman–Crippen LogP) is 3.80. The molecule has 0 fully saturated rings. The largest absolute Gasteiger partial charge is 0.489 e. The molecule has 3 rings (SSSR count). The SMILES string of the molecule is COC(=O)c1cccc(CC(C)NC[C@H](O)c2ccc(OCc3ccccc3)c(CO)c2)c1. The van der Waals surface area contributed by atoms with E-state index >= 15 is 0 Å². The normalized spacial score (nSPS) is 12.7. The van der Waals surface area contributed by atoms with Crippen molar-refractivity contribution in [2.75, 3.05) is 13.7 Å². The van der Waals surface area contributed by atoms with Gasteiger partial charge >= 0.3 is 5.97 Å². The molecule has 0 aliphatic rings. The first-order chi connectivity index (χ1) is 16.0. The molecule has 174 valence electrons. The number of nitrogens with one attached hydrogen (secondary N) is 1. The Morgan fingerprint density at radius 1 is 1.00 bits per heavy atom. The Kier molecular flexibility index (Phi) is 9.01. The maximum Gasteiger partial charge on any atom is 0.337 e. The molecule has 0 amide bonds. The molecule has 0 spiro atoms. The lowest BCUT2D eigenvalue weighted by molar-refractivity contribution is 0.0600. The molecule has 6 nitrogen and oxygen atoms in total. The summed E-state index contributed by atoms with van der Waals surface area (Å²) in [6.45, 7) is 2.61. The third-order valence-corrected chi connectivity index (χ3v) is 5.43. The minimum Gasteiger partial charge on any atom is -0.489 e. The maximum atomic E-state index is 11.7. The van der Waals surface area contributed by atoms with Gasteiger partial charge in [-0.15, -0.1) is 0 Å². The van der Waals surface area contributed by atoms with Crippen LogP contribution in [0, 0.1) is 0 Å². The van der Waals surface area contributed by atoms with Gasteiger partial charge in [-0.05, 0) is 54.3 Å². The molecule has 3 aromatic carbocycles. The summed E-state index contributed by atoms with van der Waals surface area (Å²) >= 11 is 0. The zero-order valence-corrected chi connectivity index (χ0v) is 19.0. The molecular weight excluding hydrogens is 418 g/mol. The third kappa shape index (κ3) is 7.15. The first-order valence-electron chi connectivity index (χ1n) is 11.0. The summed E-state index contributed by atoms with van der Waals surface area (Å²) in [5.74, 6) is 0.243. The minimum atomic E-state index is -0.734. The van der Waals surface area contributed by atoms with Crippen molar-refractivity contribution in [3.8, 4) is 5.75 Å². The Morgan fingerprint density at radius 2 is 1.76 bits per heavy atom. The van der Waals surface area contributed by atoms with Gasteiger partial charge in [0.15, 0.2) is 0 Å². The van der Waals surface area contributed by atoms with Crippen LogP contribution in [0.5, 0.6) is 5.75 Å². The van der Waals surface area contributed by atoms with E-state index in [9.17, 15) is 15.0 Å². The summed E-state index contributed by atoms with van der Waals surface area (Å²) in [6.07, 6.45) is -0.0338. The number of ether oxygens (including phenoxy) is 2. The van der Waals surface area contributed by atoms with Gasteiger partial charge in [-0.25, -0.2) is 4.79 Å². The van der Waals surface area contributed by atoms with E-state index in [0.717, 1.165) is 11.1 Å². The molecule has 2 atom stereocenters. The summed E-state index contributed by atoms with van der Waals surface area (Å²) in [7, 11) is 1.37. The van der Waals surface area contributed by atoms with Gasteiger partial charge in [0, 0.05) is 18.2 Å². The van der Waals surface area contributed by atoms with Crippen LogP contribution in [0.2, 0.25) is 0 Å². The minimum absolute atomic E-state index is 0.0818. The van der Waals surface area contributed by atoms with E-state index in [1.807, 2.05) is 61.5 Å². The van der Waals surface area contributed by atoms with E-state index < -0.39 is 6.10 Å². The van der Waals surface area contributed by atoms with Crippen molar-refractivity contribution in [2.45, 2.75) is 38.7 Å². The van der Waals surface area contributed by atoms with Crippen LogP contribution in [0.3, 0.4) is 0 Å². The highest BCUT2D eigenvalue weighted by atomic mass is 16.5. The number of aliphatic hydroxyl groups is 2. The van der Waals surface area contributed by atoms with Gasteiger partial charge in [0.1, 0.15) is 12.4 Å². The van der Waals surface area contributed by atoms with Gasteiger partial charge in [-0.1, -0.05) is 48.5 Å². The number of hydrogen-bond donors (Lipinski definition) is 3. The summed E-state index contributed by atoms with van der Waals surface area (Å²) in [4.78, 5) is 11.7. The van der Waals surface area contributed by atoms with Crippen LogP contribution in [0.4, 0.5) is 0 Å². The van der Waals surface area contributed by atoms with Gasteiger partial charge in [-0.3, -0.25) is 0 Å². The highest BCUT2D eigenvalue weighted by Crippen LogP contribution is 2.25. The lowest BCUT2D eigenvalue weighted by atomic mass is 10.0. The molecule has 0 aliphatic carbocycles. The molecule has 0 aromatic heterocycles. The second-order valence-corrected chi connectivity index (χ2v) is 8.02. The molecule has 6 heteroatoms. The molecule has 0 saturated heterocycles. The topological polar surface area (TPSA) is 88.0 Å². The average molecular weight is 450 g/mol. The average Bonchev–Trinajstić information content (AvgIpc) is 2.86. The number of esters is 1. The second kappa shape index (κ2) is 12.2. The van der Waals surface area contributed by atoms with E-state index in [1.54, 1.807) is 18.2 Å². The number of methoxy groups -OCH3 is 1. The Labute approximate surface area is 194 Å². The van der Waals surface area contributed by atoms with Crippen LogP contribution in [0.25, 0.3) is 0 Å². The van der Waals surface area contributed by atoms with Crippen molar-refractivity contribution < 1.29 is 24.5 Å². The Bertz CT molecular complexity index is 1040. The van der Waals surface area contributed by atoms with Crippen molar-refractivity contribution in [3.63, 3.8) is 0 Å². The van der Waals surface area contributed by atoms with Crippen LogP contribution in [-0.2, 0) is 24.4 Å². The van der Waals surface area contributed by atoms with Crippen LogP contribution in [0.15, 0.2) is 72.8 Å². The zero-order valence-electron chi connectivity index (χ0n) is 19.0. The van der Waals surface area contributed by atoms with Crippen LogP contribution in [-0.4, -0.2) is 35.9 Å². The van der Waals surface area contributed by atoms with Crippen LogP contribution in [0.1, 0.15) is 45.6 Å². The van der Waals surface area contributed by atoms with Gasteiger partial charge in [0.2, 0.25) is 0 Å². The molecule has 0 heterocycles. The fraction of sp³-hybridized carbons (Fsp3) is 0.296. The summed E-state index contributed by atoms with van der Waals surface area (Å²) in [5.41, 5.74) is 3.91. The van der Waals surface area contributed by atoms with Gasteiger partial charge in [0.05, 0.1) is 25.4 Å². The fourth-order valence-electron chi connectivity index (χ4n) is 3.61. The molecule has 33 heavy (non-hydrogen) atoms. The molecule has 3 aromatic rings. The summed E-state index contributed by atoms with van der Waals surface area (Å²) < 4.78 is 10.6. The van der Waals surface area contributed by atoms with Crippen LogP contribution >= 0.6 is 0 Å². The van der Waals surface area contributed by atoms with Crippen LogP contribution < -0.4 is 10.1 Å². The molecule has 1 unspecified atom stereocenters. The quantitative estimate of drug-likeness (QED) is 0.386. The molecule has 0 bridgehead atoms. The summed E-state index contributed by atoms with van der Waals surface area (Å²) in [5, 5.41) is 23.8. The highest BCUT2D eigenvalue weighted by molar-refractivity contribution is 5.89. The van der Waals surface area contributed by atoms with E-state index in [1.165, 1.54) is 7.11 Å². The third-order valence-electron chi connectivity index (χ3n) is 5.43. The molecule has 0 radical (unpaired) electrons. The van der Waals surface area contributed by atoms with E-state index in [-0.39, 0.29) is 18.6 Å². The number of aliphatic hydroxyl groups excluding tert-OH is 2. The maximum absolute atomic E-state index is 11.7. The number of carbonyl (C=O) groups is 1. The van der Waals surface area contributed by atoms with E-state index in [0.29, 0.717) is 42.0 Å². The number of carbonyl (C=O) groups excluding carboxylic acids is 1. The van der Waals surface area contributed by atoms with Gasteiger partial charge < -0.3 is 25.0 Å².